The van der Waals surface area contributed by atoms with Crippen LogP contribution in [0.3, 0.4) is 0 Å². The molecule has 2 aromatic rings. The van der Waals surface area contributed by atoms with Crippen LogP contribution >= 0.6 is 0 Å². The number of hydrogen-bond acceptors (Lipinski definition) is 7. The maximum Gasteiger partial charge on any atom is 0.243 e. The van der Waals surface area contributed by atoms with Crippen LogP contribution in [0.4, 0.5) is 11.6 Å². The topological polar surface area (TPSA) is 78.9 Å². The van der Waals surface area contributed by atoms with E-state index in [1.807, 2.05) is 26.0 Å². The molecule has 1 aromatic heterocycles. The molecule has 0 bridgehead atoms. The average molecular weight is 460 g/mol. The third-order valence-corrected chi connectivity index (χ3v) is 8.27. The molecule has 8 nitrogen and oxygen atoms in total. The number of aromatic nitrogens is 2. The third kappa shape index (κ3) is 4.68. The molecular weight excluding hydrogens is 426 g/mol. The Morgan fingerprint density at radius 3 is 2.34 bits per heavy atom. The van der Waals surface area contributed by atoms with Gasteiger partial charge in [-0.05, 0) is 75.9 Å². The number of rotatable bonds is 6. The number of anilines is 2. The molecule has 174 valence electrons. The van der Waals surface area contributed by atoms with Crippen LogP contribution in [0.2, 0.25) is 0 Å². The molecule has 4 rings (SSSR count). The number of ether oxygens (including phenoxy) is 1. The largest absolute Gasteiger partial charge is 0.494 e. The minimum Gasteiger partial charge on any atom is -0.494 e. The van der Waals surface area contributed by atoms with Gasteiger partial charge in [-0.3, -0.25) is 0 Å². The molecule has 2 aliphatic rings. The summed E-state index contributed by atoms with van der Waals surface area (Å²) in [6, 6.07) is 9.59. The molecule has 3 heterocycles. The summed E-state index contributed by atoms with van der Waals surface area (Å²) in [4.78, 5) is 4.74. The summed E-state index contributed by atoms with van der Waals surface area (Å²) in [5.41, 5.74) is 0.824. The molecule has 0 aliphatic carbocycles. The predicted molar refractivity (Wildman–Crippen MR) is 126 cm³/mol. The van der Waals surface area contributed by atoms with E-state index in [4.69, 9.17) is 4.74 Å². The molecule has 1 atom stereocenters. The molecule has 2 aliphatic heterocycles. The highest BCUT2D eigenvalue weighted by Gasteiger charge is 2.29. The van der Waals surface area contributed by atoms with Gasteiger partial charge >= 0.3 is 0 Å². The summed E-state index contributed by atoms with van der Waals surface area (Å²) in [5.74, 6) is 2.44. The minimum atomic E-state index is -3.54. The number of sulfonamides is 1. The van der Waals surface area contributed by atoms with Gasteiger partial charge in [0.2, 0.25) is 10.0 Å². The first-order valence-electron chi connectivity index (χ1n) is 11.5. The standard InChI is InChI=1S/C23H33N5O3S/c1-4-31-21-9-8-20(17-18(21)2)32(29,30)27-15-13-26(14-16-27)22-10-11-23(25-24-22)28-12-6-5-7-19(28)3/h8-11,17,19H,4-7,12-16H2,1-3H3. The van der Waals surface area contributed by atoms with Crippen molar-refractivity contribution in [3.8, 4) is 5.75 Å². The highest BCUT2D eigenvalue weighted by atomic mass is 32.2. The average Bonchev–Trinajstić information content (AvgIpc) is 2.81. The van der Waals surface area contributed by atoms with Gasteiger partial charge in [0.25, 0.3) is 0 Å². The Morgan fingerprint density at radius 1 is 1.00 bits per heavy atom. The Morgan fingerprint density at radius 2 is 1.72 bits per heavy atom. The number of hydrogen-bond donors (Lipinski definition) is 0. The maximum atomic E-state index is 13.1. The van der Waals surface area contributed by atoms with Crippen molar-refractivity contribution in [2.45, 2.75) is 51.0 Å². The van der Waals surface area contributed by atoms with Gasteiger partial charge in [0.05, 0.1) is 11.5 Å². The fraction of sp³-hybridized carbons (Fsp3) is 0.565. The molecular formula is C23H33N5O3S. The molecule has 0 saturated carbocycles. The fourth-order valence-electron chi connectivity index (χ4n) is 4.48. The first kappa shape index (κ1) is 22.8. The normalized spacial score (nSPS) is 20.4. The first-order chi connectivity index (χ1) is 15.4. The zero-order valence-electron chi connectivity index (χ0n) is 19.2. The van der Waals surface area contributed by atoms with Gasteiger partial charge in [0.1, 0.15) is 5.75 Å². The Hall–Kier alpha value is -2.39. The second-order valence-electron chi connectivity index (χ2n) is 8.54. The summed E-state index contributed by atoms with van der Waals surface area (Å²) < 4.78 is 33.4. The van der Waals surface area contributed by atoms with E-state index in [1.165, 1.54) is 19.3 Å². The van der Waals surface area contributed by atoms with Crippen LogP contribution in [0, 0.1) is 6.92 Å². The minimum absolute atomic E-state index is 0.312. The van der Waals surface area contributed by atoms with E-state index in [0.717, 1.165) is 29.5 Å². The predicted octanol–water partition coefficient (Wildman–Crippen LogP) is 3.07. The van der Waals surface area contributed by atoms with Gasteiger partial charge < -0.3 is 14.5 Å². The van der Waals surface area contributed by atoms with Crippen molar-refractivity contribution in [2.75, 3.05) is 49.1 Å². The van der Waals surface area contributed by atoms with Gasteiger partial charge in [-0.1, -0.05) is 0 Å². The zero-order valence-corrected chi connectivity index (χ0v) is 20.0. The lowest BCUT2D eigenvalue weighted by molar-refractivity contribution is 0.337. The first-order valence-corrected chi connectivity index (χ1v) is 12.9. The molecule has 9 heteroatoms. The smallest absolute Gasteiger partial charge is 0.243 e. The van der Waals surface area contributed by atoms with E-state index >= 15 is 0 Å². The van der Waals surface area contributed by atoms with E-state index < -0.39 is 10.0 Å². The van der Waals surface area contributed by atoms with Crippen LogP contribution in [0.15, 0.2) is 35.2 Å². The van der Waals surface area contributed by atoms with Crippen molar-refractivity contribution in [1.29, 1.82) is 0 Å². The van der Waals surface area contributed by atoms with Crippen LogP contribution in [-0.2, 0) is 10.0 Å². The van der Waals surface area contributed by atoms with Gasteiger partial charge in [-0.25, -0.2) is 8.42 Å². The van der Waals surface area contributed by atoms with Gasteiger partial charge in [0.15, 0.2) is 11.6 Å². The summed E-state index contributed by atoms with van der Waals surface area (Å²) in [6.07, 6.45) is 3.65. The molecule has 1 unspecified atom stereocenters. The van der Waals surface area contributed by atoms with Gasteiger partial charge in [-0.2, -0.15) is 4.31 Å². The van der Waals surface area contributed by atoms with E-state index in [9.17, 15) is 8.42 Å². The van der Waals surface area contributed by atoms with Crippen LogP contribution in [0.25, 0.3) is 0 Å². The van der Waals surface area contributed by atoms with E-state index in [1.54, 1.807) is 22.5 Å². The van der Waals surface area contributed by atoms with Crippen LogP contribution in [0.1, 0.15) is 38.7 Å². The van der Waals surface area contributed by atoms with Crippen LogP contribution < -0.4 is 14.5 Å². The van der Waals surface area contributed by atoms with Crippen LogP contribution in [-0.4, -0.2) is 68.3 Å². The molecule has 32 heavy (non-hydrogen) atoms. The van der Waals surface area contributed by atoms with E-state index in [0.29, 0.717) is 43.7 Å². The Bertz CT molecular complexity index is 1020. The third-order valence-electron chi connectivity index (χ3n) is 6.38. The lowest BCUT2D eigenvalue weighted by atomic mass is 10.0. The number of nitrogens with zero attached hydrogens (tertiary/aromatic N) is 5. The van der Waals surface area contributed by atoms with Crippen molar-refractivity contribution < 1.29 is 13.2 Å². The lowest BCUT2D eigenvalue weighted by Crippen LogP contribution is -2.49. The van der Waals surface area contributed by atoms with Crippen LogP contribution in [0.5, 0.6) is 5.75 Å². The Labute approximate surface area is 191 Å². The lowest BCUT2D eigenvalue weighted by Gasteiger charge is -2.35. The summed E-state index contributed by atoms with van der Waals surface area (Å²) >= 11 is 0. The fourth-order valence-corrected chi connectivity index (χ4v) is 5.99. The highest BCUT2D eigenvalue weighted by molar-refractivity contribution is 7.89. The molecule has 1 aromatic carbocycles. The van der Waals surface area contributed by atoms with Crippen molar-refractivity contribution in [3.63, 3.8) is 0 Å². The highest BCUT2D eigenvalue weighted by Crippen LogP contribution is 2.26. The number of piperazine rings is 1. The summed E-state index contributed by atoms with van der Waals surface area (Å²) in [7, 11) is -3.54. The van der Waals surface area contributed by atoms with E-state index in [2.05, 4.69) is 26.9 Å². The summed E-state index contributed by atoms with van der Waals surface area (Å²) in [6.45, 7) is 9.60. The van der Waals surface area contributed by atoms with Crippen molar-refractivity contribution in [1.82, 2.24) is 14.5 Å². The van der Waals surface area contributed by atoms with Crippen molar-refractivity contribution in [2.24, 2.45) is 0 Å². The maximum absolute atomic E-state index is 13.1. The molecule has 0 amide bonds. The van der Waals surface area contributed by atoms with E-state index in [-0.39, 0.29) is 0 Å². The van der Waals surface area contributed by atoms with Gasteiger partial charge in [-0.15, -0.1) is 10.2 Å². The number of benzene rings is 1. The number of aryl methyl sites for hydroxylation is 1. The molecule has 2 saturated heterocycles. The second kappa shape index (κ2) is 9.62. The molecule has 0 spiro atoms. The quantitative estimate of drug-likeness (QED) is 0.657. The molecule has 0 radical (unpaired) electrons. The van der Waals surface area contributed by atoms with Crippen molar-refractivity contribution >= 4 is 21.7 Å². The monoisotopic (exact) mass is 459 g/mol. The SMILES string of the molecule is CCOc1ccc(S(=O)(=O)N2CCN(c3ccc(N4CCCCC4C)nn3)CC2)cc1C. The Balaban J connectivity index is 1.40. The van der Waals surface area contributed by atoms with Gasteiger partial charge in [0, 0.05) is 38.8 Å². The summed E-state index contributed by atoms with van der Waals surface area (Å²) in [5, 5.41) is 8.92. The number of piperidine rings is 1. The molecule has 0 N–H and O–H groups in total. The molecule has 2 fully saturated rings. The second-order valence-corrected chi connectivity index (χ2v) is 10.5. The van der Waals surface area contributed by atoms with Crippen molar-refractivity contribution in [3.05, 3.63) is 35.9 Å². The Kier molecular flexibility index (Phi) is 6.85. The zero-order chi connectivity index (χ0) is 22.7.